The highest BCUT2D eigenvalue weighted by atomic mass is 16.5. The van der Waals surface area contributed by atoms with Gasteiger partial charge in [-0.2, -0.15) is 0 Å². The van der Waals surface area contributed by atoms with Crippen LogP contribution in [0, 0.1) is 0 Å². The molecule has 0 saturated carbocycles. The predicted octanol–water partition coefficient (Wildman–Crippen LogP) is 3.14. The van der Waals surface area contributed by atoms with E-state index in [2.05, 4.69) is 11.7 Å². The Bertz CT molecular complexity index is 491. The Labute approximate surface area is 126 Å². The lowest BCUT2D eigenvalue weighted by atomic mass is 10.1. The fourth-order valence-electron chi connectivity index (χ4n) is 1.89. The average molecular weight is 289 g/mol. The summed E-state index contributed by atoms with van der Waals surface area (Å²) in [4.78, 5) is 25.2. The molecule has 1 aromatic carbocycles. The van der Waals surface area contributed by atoms with Gasteiger partial charge in [0.2, 0.25) is 5.91 Å². The molecule has 114 valence electrons. The van der Waals surface area contributed by atoms with E-state index in [0.29, 0.717) is 12.1 Å². The highest BCUT2D eigenvalue weighted by Crippen LogP contribution is 2.08. The van der Waals surface area contributed by atoms with Crippen LogP contribution in [0.5, 0.6) is 0 Å². The predicted molar refractivity (Wildman–Crippen MR) is 84.0 cm³/mol. The number of benzene rings is 1. The van der Waals surface area contributed by atoms with Crippen molar-refractivity contribution in [3.63, 3.8) is 0 Å². The fourth-order valence-corrected chi connectivity index (χ4v) is 1.89. The van der Waals surface area contributed by atoms with Crippen LogP contribution in [0.4, 0.5) is 0 Å². The van der Waals surface area contributed by atoms with Crippen molar-refractivity contribution in [3.8, 4) is 0 Å². The number of amides is 1. The van der Waals surface area contributed by atoms with Crippen LogP contribution in [0.2, 0.25) is 0 Å². The maximum Gasteiger partial charge on any atom is 0.337 e. The molecule has 1 amide bonds. The molecule has 4 heteroatoms. The van der Waals surface area contributed by atoms with E-state index in [4.69, 9.17) is 0 Å². The molecule has 0 heterocycles. The minimum Gasteiger partial charge on any atom is -0.465 e. The number of esters is 1. The molecular formula is C17H23NO3. The minimum atomic E-state index is -0.363. The van der Waals surface area contributed by atoms with Gasteiger partial charge in [0.25, 0.3) is 0 Å². The molecule has 0 N–H and O–H groups in total. The van der Waals surface area contributed by atoms with Crippen molar-refractivity contribution in [2.24, 2.45) is 0 Å². The third kappa shape index (κ3) is 5.42. The first-order valence-electron chi connectivity index (χ1n) is 7.27. The highest BCUT2D eigenvalue weighted by molar-refractivity contribution is 5.92. The van der Waals surface area contributed by atoms with Crippen molar-refractivity contribution in [3.05, 3.63) is 41.5 Å². The average Bonchev–Trinajstić information content (AvgIpc) is 2.53. The lowest BCUT2D eigenvalue weighted by Gasteiger charge is -2.18. The summed E-state index contributed by atoms with van der Waals surface area (Å²) in [5.74, 6) is -0.346. The van der Waals surface area contributed by atoms with Crippen molar-refractivity contribution in [1.29, 1.82) is 0 Å². The second-order valence-electron chi connectivity index (χ2n) is 4.72. The number of methoxy groups -OCH3 is 1. The zero-order chi connectivity index (χ0) is 15.7. The van der Waals surface area contributed by atoms with Gasteiger partial charge in [-0.05, 0) is 37.1 Å². The van der Waals surface area contributed by atoms with Crippen LogP contribution >= 0.6 is 0 Å². The van der Waals surface area contributed by atoms with Gasteiger partial charge in [-0.25, -0.2) is 4.79 Å². The number of rotatable bonds is 7. The molecule has 0 aliphatic rings. The molecule has 0 aliphatic carbocycles. The Kier molecular flexibility index (Phi) is 7.23. The molecule has 0 saturated heterocycles. The second kappa shape index (κ2) is 8.95. The van der Waals surface area contributed by atoms with Crippen LogP contribution < -0.4 is 0 Å². The van der Waals surface area contributed by atoms with Crippen molar-refractivity contribution in [1.82, 2.24) is 4.90 Å². The Hall–Kier alpha value is -2.10. The van der Waals surface area contributed by atoms with E-state index in [-0.39, 0.29) is 11.9 Å². The summed E-state index contributed by atoms with van der Waals surface area (Å²) in [6, 6.07) is 6.95. The van der Waals surface area contributed by atoms with E-state index in [1.54, 1.807) is 36.4 Å². The molecule has 0 aromatic heterocycles. The lowest BCUT2D eigenvalue weighted by molar-refractivity contribution is -0.125. The molecule has 21 heavy (non-hydrogen) atoms. The number of hydrogen-bond donors (Lipinski definition) is 0. The number of carbonyl (C=O) groups excluding carboxylic acids is 2. The first kappa shape index (κ1) is 17.0. The van der Waals surface area contributed by atoms with Crippen LogP contribution in [0.15, 0.2) is 30.3 Å². The van der Waals surface area contributed by atoms with Gasteiger partial charge in [0, 0.05) is 19.2 Å². The molecule has 0 unspecified atom stereocenters. The van der Waals surface area contributed by atoms with Crippen molar-refractivity contribution >= 4 is 18.0 Å². The zero-order valence-corrected chi connectivity index (χ0v) is 13.0. The van der Waals surface area contributed by atoms with Crippen molar-refractivity contribution < 1.29 is 14.3 Å². The summed E-state index contributed by atoms with van der Waals surface area (Å²) in [6.45, 7) is 5.59. The first-order valence-corrected chi connectivity index (χ1v) is 7.27. The molecular weight excluding hydrogens is 266 g/mol. The molecule has 0 fully saturated rings. The van der Waals surface area contributed by atoms with E-state index in [0.717, 1.165) is 24.9 Å². The summed E-state index contributed by atoms with van der Waals surface area (Å²) in [5.41, 5.74) is 1.38. The highest BCUT2D eigenvalue weighted by Gasteiger charge is 2.07. The number of ether oxygens (including phenoxy) is 1. The van der Waals surface area contributed by atoms with Gasteiger partial charge in [-0.3, -0.25) is 4.79 Å². The van der Waals surface area contributed by atoms with Crippen molar-refractivity contribution in [2.75, 3.05) is 20.2 Å². The molecule has 0 bridgehead atoms. The summed E-state index contributed by atoms with van der Waals surface area (Å²) in [7, 11) is 1.35. The van der Waals surface area contributed by atoms with Crippen LogP contribution in [-0.2, 0) is 9.53 Å². The Morgan fingerprint density at radius 3 is 2.38 bits per heavy atom. The quantitative estimate of drug-likeness (QED) is 0.572. The smallest absolute Gasteiger partial charge is 0.337 e. The van der Waals surface area contributed by atoms with E-state index in [1.165, 1.54) is 7.11 Å². The third-order valence-corrected chi connectivity index (χ3v) is 3.23. The molecule has 0 radical (unpaired) electrons. The van der Waals surface area contributed by atoms with Crippen LogP contribution in [-0.4, -0.2) is 37.0 Å². The van der Waals surface area contributed by atoms with Gasteiger partial charge in [-0.1, -0.05) is 25.5 Å². The summed E-state index contributed by atoms with van der Waals surface area (Å²) >= 11 is 0. The Balaban J connectivity index is 2.66. The van der Waals surface area contributed by atoms with Gasteiger partial charge in [-0.15, -0.1) is 0 Å². The number of unbranched alkanes of at least 4 members (excludes halogenated alkanes) is 1. The topological polar surface area (TPSA) is 46.6 Å². The largest absolute Gasteiger partial charge is 0.465 e. The summed E-state index contributed by atoms with van der Waals surface area (Å²) in [5, 5.41) is 0. The van der Waals surface area contributed by atoms with E-state index < -0.39 is 0 Å². The van der Waals surface area contributed by atoms with Gasteiger partial charge < -0.3 is 9.64 Å². The van der Waals surface area contributed by atoms with Gasteiger partial charge >= 0.3 is 5.97 Å². The molecule has 1 rings (SSSR count). The second-order valence-corrected chi connectivity index (χ2v) is 4.72. The molecule has 1 aromatic rings. The first-order chi connectivity index (χ1) is 10.1. The summed E-state index contributed by atoms with van der Waals surface area (Å²) < 4.78 is 4.64. The summed E-state index contributed by atoms with van der Waals surface area (Å²) in [6.07, 6.45) is 5.42. The SMILES string of the molecule is CCCCN(CC)C(=O)/C=C/c1ccc(C(=O)OC)cc1. The monoisotopic (exact) mass is 289 g/mol. The van der Waals surface area contributed by atoms with Crippen molar-refractivity contribution in [2.45, 2.75) is 26.7 Å². The Morgan fingerprint density at radius 1 is 1.19 bits per heavy atom. The maximum atomic E-state index is 12.0. The fraction of sp³-hybridized carbons (Fsp3) is 0.412. The Morgan fingerprint density at radius 2 is 1.86 bits per heavy atom. The lowest BCUT2D eigenvalue weighted by Crippen LogP contribution is -2.30. The number of likely N-dealkylation sites (N-methyl/N-ethyl adjacent to an activating group) is 1. The molecule has 0 atom stereocenters. The van der Waals surface area contributed by atoms with Crippen LogP contribution in [0.25, 0.3) is 6.08 Å². The third-order valence-electron chi connectivity index (χ3n) is 3.23. The minimum absolute atomic E-state index is 0.0167. The van der Waals surface area contributed by atoms with Gasteiger partial charge in [0.05, 0.1) is 12.7 Å². The molecule has 0 aliphatic heterocycles. The molecule has 4 nitrogen and oxygen atoms in total. The zero-order valence-electron chi connectivity index (χ0n) is 13.0. The van der Waals surface area contributed by atoms with Gasteiger partial charge in [0.1, 0.15) is 0 Å². The number of hydrogen-bond acceptors (Lipinski definition) is 3. The number of nitrogens with zero attached hydrogens (tertiary/aromatic N) is 1. The van der Waals surface area contributed by atoms with E-state index in [1.807, 2.05) is 11.8 Å². The van der Waals surface area contributed by atoms with Crippen LogP contribution in [0.3, 0.4) is 0 Å². The standard InChI is InChI=1S/C17H23NO3/c1-4-6-13-18(5-2)16(19)12-9-14-7-10-15(11-8-14)17(20)21-3/h7-12H,4-6,13H2,1-3H3/b12-9+. The normalized spacial score (nSPS) is 10.6. The van der Waals surface area contributed by atoms with Crippen LogP contribution in [0.1, 0.15) is 42.6 Å². The maximum absolute atomic E-state index is 12.0. The van der Waals surface area contributed by atoms with Gasteiger partial charge in [0.15, 0.2) is 0 Å². The van der Waals surface area contributed by atoms with E-state index in [9.17, 15) is 9.59 Å². The van der Waals surface area contributed by atoms with E-state index >= 15 is 0 Å². The number of carbonyl (C=O) groups is 2. The molecule has 0 spiro atoms.